The van der Waals surface area contributed by atoms with Gasteiger partial charge in [0.05, 0.1) is 28.8 Å². The molecule has 14 heteroatoms. The average molecular weight is 585 g/mol. The molecule has 0 spiro atoms. The zero-order valence-corrected chi connectivity index (χ0v) is 22.7. The molecular weight excluding hydrogens is 561 g/mol. The summed E-state index contributed by atoms with van der Waals surface area (Å²) in [5.41, 5.74) is 1.92. The highest BCUT2D eigenvalue weighted by atomic mass is 35.5. The predicted molar refractivity (Wildman–Crippen MR) is 145 cm³/mol. The minimum absolute atomic E-state index is 0.0540. The normalized spacial score (nSPS) is 15.1. The van der Waals surface area contributed by atoms with Crippen molar-refractivity contribution in [1.29, 1.82) is 5.26 Å². The second kappa shape index (κ2) is 10.9. The number of pyridine rings is 1. The average Bonchev–Trinajstić information content (AvgIpc) is 3.44. The summed E-state index contributed by atoms with van der Waals surface area (Å²) in [5.74, 6) is -0.850. The van der Waals surface area contributed by atoms with Gasteiger partial charge >= 0.3 is 12.1 Å². The first-order valence-electron chi connectivity index (χ1n) is 12.7. The summed E-state index contributed by atoms with van der Waals surface area (Å²) in [5, 5.41) is 26.4. The number of carboxylic acids is 1. The van der Waals surface area contributed by atoms with Crippen molar-refractivity contribution >= 4 is 40.1 Å². The van der Waals surface area contributed by atoms with E-state index in [9.17, 15) is 28.3 Å². The third-order valence-electron chi connectivity index (χ3n) is 6.97. The van der Waals surface area contributed by atoms with Crippen molar-refractivity contribution < 1.29 is 23.1 Å². The molecule has 0 unspecified atom stereocenters. The molecule has 5 rings (SSSR count). The highest BCUT2D eigenvalue weighted by molar-refractivity contribution is 6.29. The van der Waals surface area contributed by atoms with Crippen LogP contribution < -0.4 is 10.2 Å². The van der Waals surface area contributed by atoms with E-state index in [-0.39, 0.29) is 28.3 Å². The van der Waals surface area contributed by atoms with Crippen molar-refractivity contribution in [2.75, 3.05) is 23.3 Å². The number of alkyl halides is 3. The molecule has 1 saturated heterocycles. The van der Waals surface area contributed by atoms with E-state index >= 15 is 0 Å². The highest BCUT2D eigenvalue weighted by Gasteiger charge is 2.34. The minimum Gasteiger partial charge on any atom is -0.476 e. The van der Waals surface area contributed by atoms with Gasteiger partial charge in [-0.1, -0.05) is 17.7 Å². The second-order valence-electron chi connectivity index (χ2n) is 9.83. The van der Waals surface area contributed by atoms with Crippen molar-refractivity contribution in [1.82, 2.24) is 24.7 Å². The monoisotopic (exact) mass is 584 g/mol. The first-order valence-corrected chi connectivity index (χ1v) is 13.1. The van der Waals surface area contributed by atoms with E-state index in [4.69, 9.17) is 16.6 Å². The molecule has 0 aliphatic carbocycles. The van der Waals surface area contributed by atoms with Crippen LogP contribution in [-0.2, 0) is 6.18 Å². The molecule has 0 bridgehead atoms. The first kappa shape index (κ1) is 28.1. The Kier molecular flexibility index (Phi) is 7.44. The number of fused-ring (bicyclic) bond motifs is 1. The van der Waals surface area contributed by atoms with Gasteiger partial charge in [-0.15, -0.1) is 0 Å². The number of piperidine rings is 1. The molecule has 0 amide bonds. The Morgan fingerprint density at radius 2 is 1.93 bits per heavy atom. The van der Waals surface area contributed by atoms with E-state index in [1.165, 1.54) is 16.9 Å². The van der Waals surface area contributed by atoms with Gasteiger partial charge in [0.1, 0.15) is 11.2 Å². The van der Waals surface area contributed by atoms with E-state index in [1.807, 2.05) is 30.9 Å². The topological polar surface area (TPSA) is 133 Å². The van der Waals surface area contributed by atoms with Gasteiger partial charge in [-0.05, 0) is 56.5 Å². The Morgan fingerprint density at radius 1 is 1.20 bits per heavy atom. The highest BCUT2D eigenvalue weighted by Crippen LogP contribution is 2.33. The van der Waals surface area contributed by atoms with Crippen LogP contribution in [0.2, 0.25) is 5.15 Å². The minimum atomic E-state index is -4.50. The van der Waals surface area contributed by atoms with Crippen LogP contribution in [0.25, 0.3) is 11.0 Å². The fourth-order valence-corrected chi connectivity index (χ4v) is 5.16. The van der Waals surface area contributed by atoms with Crippen molar-refractivity contribution in [2.45, 2.75) is 44.9 Å². The first-order chi connectivity index (χ1) is 19.4. The number of rotatable bonds is 6. The quantitative estimate of drug-likeness (QED) is 0.270. The molecule has 1 aliphatic rings. The third kappa shape index (κ3) is 5.74. The lowest BCUT2D eigenvalue weighted by Gasteiger charge is -2.33. The van der Waals surface area contributed by atoms with Crippen LogP contribution in [0, 0.1) is 18.3 Å². The Hall–Kier alpha value is -4.44. The number of hydrogen-bond donors (Lipinski definition) is 2. The van der Waals surface area contributed by atoms with Gasteiger partial charge in [0, 0.05) is 24.8 Å². The number of aromatic carboxylic acids is 1. The number of hydrogen-bond acceptors (Lipinski definition) is 8. The maximum Gasteiger partial charge on any atom is 0.435 e. The van der Waals surface area contributed by atoms with Crippen molar-refractivity contribution in [3.63, 3.8) is 0 Å². The summed E-state index contributed by atoms with van der Waals surface area (Å²) in [6, 6.07) is 9.20. The van der Waals surface area contributed by atoms with Crippen LogP contribution in [-0.4, -0.2) is 48.9 Å². The summed E-state index contributed by atoms with van der Waals surface area (Å²) < 4.78 is 40.4. The van der Waals surface area contributed by atoms with Crippen LogP contribution in [0.3, 0.4) is 0 Å². The maximum atomic E-state index is 13.0. The standard InChI is InChI=1S/C27H24ClF3N8O2/c1-14-11-17(15(2)33-18-3-4-22(28)35-24(18)26(40)41)23-19(12-14)34-20(13-32)25(36-23)38-8-5-16(6-9-38)39-10-7-21(37-39)27(29,30)31/h3-4,7,10-12,15-16,33H,5-6,8-9H2,1-2H3,(H,40,41)/t15-/m1/s1. The smallest absolute Gasteiger partial charge is 0.435 e. The number of nitrogens with one attached hydrogen (secondary N) is 1. The fourth-order valence-electron chi connectivity index (χ4n) is 5.01. The zero-order chi connectivity index (χ0) is 29.5. The molecule has 1 aromatic carbocycles. The van der Waals surface area contributed by atoms with Gasteiger partial charge < -0.3 is 15.3 Å². The number of carboxylic acid groups (broad SMARTS) is 1. The zero-order valence-electron chi connectivity index (χ0n) is 21.9. The van der Waals surface area contributed by atoms with Crippen molar-refractivity contribution in [2.24, 2.45) is 0 Å². The van der Waals surface area contributed by atoms with Gasteiger partial charge in [0.15, 0.2) is 22.9 Å². The largest absolute Gasteiger partial charge is 0.476 e. The summed E-state index contributed by atoms with van der Waals surface area (Å²) in [4.78, 5) is 27.0. The van der Waals surface area contributed by atoms with E-state index < -0.39 is 23.9 Å². The van der Waals surface area contributed by atoms with Crippen LogP contribution in [0.1, 0.15) is 64.9 Å². The summed E-state index contributed by atoms with van der Waals surface area (Å²) in [6.45, 7) is 4.61. The van der Waals surface area contributed by atoms with Crippen molar-refractivity contribution in [3.05, 3.63) is 69.9 Å². The number of anilines is 2. The fraction of sp³-hybridized carbons (Fsp3) is 0.333. The molecule has 0 radical (unpaired) electrons. The van der Waals surface area contributed by atoms with Crippen molar-refractivity contribution in [3.8, 4) is 6.07 Å². The number of aryl methyl sites for hydroxylation is 1. The molecule has 1 aliphatic heterocycles. The van der Waals surface area contributed by atoms with Gasteiger partial charge in [-0.25, -0.2) is 19.7 Å². The molecule has 4 heterocycles. The van der Waals surface area contributed by atoms with E-state index in [0.717, 1.165) is 17.2 Å². The van der Waals surface area contributed by atoms with Gasteiger partial charge in [0.2, 0.25) is 0 Å². The van der Waals surface area contributed by atoms with E-state index in [1.54, 1.807) is 6.07 Å². The van der Waals surface area contributed by atoms with Crippen LogP contribution in [0.15, 0.2) is 36.5 Å². The number of benzene rings is 1. The molecule has 41 heavy (non-hydrogen) atoms. The molecule has 2 N–H and O–H groups in total. The number of carbonyl (C=O) groups is 1. The van der Waals surface area contributed by atoms with Gasteiger partial charge in [-0.2, -0.15) is 23.5 Å². The van der Waals surface area contributed by atoms with Gasteiger partial charge in [0.25, 0.3) is 0 Å². The molecule has 10 nitrogen and oxygen atoms in total. The summed E-state index contributed by atoms with van der Waals surface area (Å²) >= 11 is 5.89. The lowest BCUT2D eigenvalue weighted by Crippen LogP contribution is -2.36. The summed E-state index contributed by atoms with van der Waals surface area (Å²) in [6.07, 6.45) is -2.15. The molecular formula is C27H24ClF3N8O2. The molecule has 3 aromatic heterocycles. The molecule has 0 saturated carbocycles. The Bertz CT molecular complexity index is 1680. The molecule has 4 aromatic rings. The van der Waals surface area contributed by atoms with Gasteiger partial charge in [-0.3, -0.25) is 4.68 Å². The Labute approximate surface area is 237 Å². The van der Waals surface area contributed by atoms with E-state index in [0.29, 0.717) is 42.8 Å². The Balaban J connectivity index is 1.45. The number of nitrogens with zero attached hydrogens (tertiary/aromatic N) is 7. The summed E-state index contributed by atoms with van der Waals surface area (Å²) in [7, 11) is 0. The lowest BCUT2D eigenvalue weighted by molar-refractivity contribution is -0.141. The lowest BCUT2D eigenvalue weighted by atomic mass is 10.0. The van der Waals surface area contributed by atoms with Crippen LogP contribution >= 0.6 is 11.6 Å². The van der Waals surface area contributed by atoms with Crippen LogP contribution in [0.5, 0.6) is 0 Å². The predicted octanol–water partition coefficient (Wildman–Crippen LogP) is 5.79. The SMILES string of the molecule is Cc1cc([C@@H](C)Nc2ccc(Cl)nc2C(=O)O)c2nc(N3CCC(n4ccc(C(F)(F)F)n4)CC3)c(C#N)nc2c1. The number of nitriles is 1. The molecule has 1 atom stereocenters. The number of aromatic nitrogens is 5. The van der Waals surface area contributed by atoms with Crippen LogP contribution in [0.4, 0.5) is 24.7 Å². The number of halogens is 4. The maximum absolute atomic E-state index is 13.0. The molecule has 212 valence electrons. The second-order valence-corrected chi connectivity index (χ2v) is 10.2. The molecule has 1 fully saturated rings. The van der Waals surface area contributed by atoms with E-state index in [2.05, 4.69) is 26.5 Å². The Morgan fingerprint density at radius 3 is 2.56 bits per heavy atom. The third-order valence-corrected chi connectivity index (χ3v) is 7.18.